The number of aromatic amines is 1. The Kier molecular flexibility index (Phi) is 5.47. The smallest absolute Gasteiger partial charge is 0.126 e. The van der Waals surface area contributed by atoms with Gasteiger partial charge in [-0.05, 0) is 54.6 Å². The molecule has 27 heavy (non-hydrogen) atoms. The summed E-state index contributed by atoms with van der Waals surface area (Å²) in [5, 5.41) is 27.1. The normalized spacial score (nSPS) is 11.3. The Morgan fingerprint density at radius 2 is 1.33 bits per heavy atom. The van der Waals surface area contributed by atoms with Crippen LogP contribution < -0.4 is 9.47 Å². The highest BCUT2D eigenvalue weighted by atomic mass is 16.5. The fraction of sp³-hybridized carbons (Fsp3) is 0.0952. The van der Waals surface area contributed by atoms with E-state index in [-0.39, 0.29) is 11.5 Å². The van der Waals surface area contributed by atoms with Crippen molar-refractivity contribution in [2.45, 2.75) is 0 Å². The van der Waals surface area contributed by atoms with E-state index in [2.05, 4.69) is 10.2 Å². The summed E-state index contributed by atoms with van der Waals surface area (Å²) in [6.45, 7) is 0. The summed E-state index contributed by atoms with van der Waals surface area (Å²) in [4.78, 5) is 0. The molecule has 6 nitrogen and oxygen atoms in total. The third kappa shape index (κ3) is 4.49. The van der Waals surface area contributed by atoms with Crippen molar-refractivity contribution in [3.05, 3.63) is 65.0 Å². The van der Waals surface area contributed by atoms with Gasteiger partial charge in [0.05, 0.1) is 25.6 Å². The second kappa shape index (κ2) is 8.14. The van der Waals surface area contributed by atoms with Crippen LogP contribution in [0.3, 0.4) is 0 Å². The third-order valence-electron chi connectivity index (χ3n) is 3.97. The molecule has 1 aromatic heterocycles. The standard InChI is InChI=1S/C21H20N2O4/c1-26-18-9-5-14(20(24)12-18)3-7-16-11-17(23-22-16)8-4-15-6-10-19(27-2)13-21(15)25/h3-13,24-25H,1-2H3,(H,22,23)/b7-3+,8-4+. The molecule has 0 atom stereocenters. The predicted octanol–water partition coefficient (Wildman–Crippen LogP) is 4.18. The molecule has 0 radical (unpaired) electrons. The Labute approximate surface area is 157 Å². The van der Waals surface area contributed by atoms with Crippen LogP contribution in [-0.2, 0) is 0 Å². The van der Waals surface area contributed by atoms with Crippen LogP contribution in [0.1, 0.15) is 22.5 Å². The van der Waals surface area contributed by atoms with Crippen molar-refractivity contribution < 1.29 is 19.7 Å². The number of nitrogens with zero attached hydrogens (tertiary/aromatic N) is 1. The molecule has 0 fully saturated rings. The second-order valence-corrected chi connectivity index (χ2v) is 5.76. The van der Waals surface area contributed by atoms with Gasteiger partial charge in [-0.3, -0.25) is 5.10 Å². The molecule has 0 saturated carbocycles. The zero-order chi connectivity index (χ0) is 19.2. The molecule has 0 amide bonds. The maximum Gasteiger partial charge on any atom is 0.126 e. The number of rotatable bonds is 6. The van der Waals surface area contributed by atoms with E-state index < -0.39 is 0 Å². The number of phenolic OH excluding ortho intramolecular Hbond substituents is 2. The molecular weight excluding hydrogens is 344 g/mol. The molecule has 6 heteroatoms. The van der Waals surface area contributed by atoms with Gasteiger partial charge in [-0.2, -0.15) is 5.10 Å². The van der Waals surface area contributed by atoms with Crippen LogP contribution >= 0.6 is 0 Å². The van der Waals surface area contributed by atoms with Crippen LogP contribution in [0.15, 0.2) is 42.5 Å². The van der Waals surface area contributed by atoms with Crippen LogP contribution in [0.5, 0.6) is 23.0 Å². The number of aromatic hydroxyl groups is 2. The SMILES string of the molecule is COc1ccc(/C=C/c2cc(/C=C/c3ccc(OC)cc3O)[nH]n2)c(O)c1. The minimum atomic E-state index is 0.135. The predicted molar refractivity (Wildman–Crippen MR) is 106 cm³/mol. The Balaban J connectivity index is 1.71. The average Bonchev–Trinajstić information content (AvgIpc) is 3.13. The largest absolute Gasteiger partial charge is 0.507 e. The van der Waals surface area contributed by atoms with Crippen molar-refractivity contribution >= 4 is 24.3 Å². The summed E-state index contributed by atoms with van der Waals surface area (Å²) >= 11 is 0. The first-order chi connectivity index (χ1) is 13.1. The van der Waals surface area contributed by atoms with Gasteiger partial charge in [0.25, 0.3) is 0 Å². The van der Waals surface area contributed by atoms with Gasteiger partial charge in [0.1, 0.15) is 23.0 Å². The van der Waals surface area contributed by atoms with Gasteiger partial charge in [-0.15, -0.1) is 0 Å². The number of hydrogen-bond donors (Lipinski definition) is 3. The summed E-state index contributed by atoms with van der Waals surface area (Å²) in [5.74, 6) is 1.47. The average molecular weight is 364 g/mol. The Morgan fingerprint density at radius 3 is 1.85 bits per heavy atom. The molecule has 138 valence electrons. The van der Waals surface area contributed by atoms with Gasteiger partial charge >= 0.3 is 0 Å². The van der Waals surface area contributed by atoms with Gasteiger partial charge in [0.2, 0.25) is 0 Å². The number of phenols is 2. The molecule has 2 aromatic carbocycles. The van der Waals surface area contributed by atoms with E-state index in [0.29, 0.717) is 28.3 Å². The maximum absolute atomic E-state index is 9.98. The highest BCUT2D eigenvalue weighted by Crippen LogP contribution is 2.26. The first-order valence-corrected chi connectivity index (χ1v) is 8.24. The van der Waals surface area contributed by atoms with E-state index in [9.17, 15) is 10.2 Å². The highest BCUT2D eigenvalue weighted by molar-refractivity contribution is 5.75. The minimum Gasteiger partial charge on any atom is -0.507 e. The lowest BCUT2D eigenvalue weighted by Gasteiger charge is -2.02. The summed E-state index contributed by atoms with van der Waals surface area (Å²) in [7, 11) is 3.10. The summed E-state index contributed by atoms with van der Waals surface area (Å²) < 4.78 is 10.1. The number of nitrogens with one attached hydrogen (secondary N) is 1. The van der Waals surface area contributed by atoms with E-state index in [0.717, 1.165) is 5.69 Å². The summed E-state index contributed by atoms with van der Waals surface area (Å²) in [5.41, 5.74) is 2.83. The molecular formula is C21H20N2O4. The fourth-order valence-electron chi connectivity index (χ4n) is 2.46. The van der Waals surface area contributed by atoms with Gasteiger partial charge in [0.15, 0.2) is 0 Å². The van der Waals surface area contributed by atoms with E-state index in [4.69, 9.17) is 9.47 Å². The third-order valence-corrected chi connectivity index (χ3v) is 3.97. The van der Waals surface area contributed by atoms with Crippen molar-refractivity contribution in [3.8, 4) is 23.0 Å². The van der Waals surface area contributed by atoms with Gasteiger partial charge in [0, 0.05) is 23.3 Å². The Hall–Kier alpha value is -3.67. The summed E-state index contributed by atoms with van der Waals surface area (Å²) in [6.07, 6.45) is 7.16. The number of hydrogen-bond acceptors (Lipinski definition) is 5. The first kappa shape index (κ1) is 18.1. The van der Waals surface area contributed by atoms with E-state index in [1.54, 1.807) is 68.8 Å². The van der Waals surface area contributed by atoms with Crippen LogP contribution in [0, 0.1) is 0 Å². The molecule has 1 heterocycles. The van der Waals surface area contributed by atoms with Crippen molar-refractivity contribution in [3.63, 3.8) is 0 Å². The highest BCUT2D eigenvalue weighted by Gasteiger charge is 2.02. The topological polar surface area (TPSA) is 87.6 Å². The lowest BCUT2D eigenvalue weighted by atomic mass is 10.1. The zero-order valence-electron chi connectivity index (χ0n) is 15.0. The minimum absolute atomic E-state index is 0.135. The quantitative estimate of drug-likeness (QED) is 0.611. The van der Waals surface area contributed by atoms with Crippen LogP contribution in [0.25, 0.3) is 24.3 Å². The number of ether oxygens (including phenoxy) is 2. The van der Waals surface area contributed by atoms with E-state index in [1.807, 2.05) is 12.1 Å². The molecule has 0 saturated heterocycles. The zero-order valence-corrected chi connectivity index (χ0v) is 15.0. The van der Waals surface area contributed by atoms with Crippen LogP contribution in [0.4, 0.5) is 0 Å². The monoisotopic (exact) mass is 364 g/mol. The molecule has 0 aliphatic heterocycles. The Morgan fingerprint density at radius 1 is 0.778 bits per heavy atom. The van der Waals surface area contributed by atoms with Crippen LogP contribution in [0.2, 0.25) is 0 Å². The molecule has 3 aromatic rings. The lowest BCUT2D eigenvalue weighted by molar-refractivity contribution is 0.407. The number of H-pyrrole nitrogens is 1. The molecule has 0 unspecified atom stereocenters. The van der Waals surface area contributed by atoms with Crippen molar-refractivity contribution in [1.29, 1.82) is 0 Å². The van der Waals surface area contributed by atoms with Crippen molar-refractivity contribution in [2.75, 3.05) is 14.2 Å². The number of benzene rings is 2. The van der Waals surface area contributed by atoms with Gasteiger partial charge in [-0.1, -0.05) is 0 Å². The first-order valence-electron chi connectivity index (χ1n) is 8.24. The molecule has 3 N–H and O–H groups in total. The van der Waals surface area contributed by atoms with Gasteiger partial charge in [-0.25, -0.2) is 0 Å². The Bertz CT molecular complexity index is 912. The lowest BCUT2D eigenvalue weighted by Crippen LogP contribution is -1.83. The van der Waals surface area contributed by atoms with E-state index in [1.165, 1.54) is 0 Å². The fourth-order valence-corrected chi connectivity index (χ4v) is 2.46. The van der Waals surface area contributed by atoms with Crippen molar-refractivity contribution in [1.82, 2.24) is 10.2 Å². The van der Waals surface area contributed by atoms with Crippen LogP contribution in [-0.4, -0.2) is 34.6 Å². The maximum atomic E-state index is 9.98. The molecule has 0 bridgehead atoms. The molecule has 3 rings (SSSR count). The van der Waals surface area contributed by atoms with E-state index >= 15 is 0 Å². The van der Waals surface area contributed by atoms with Gasteiger partial charge < -0.3 is 19.7 Å². The molecule has 0 aliphatic rings. The molecule has 0 spiro atoms. The second-order valence-electron chi connectivity index (χ2n) is 5.76. The summed E-state index contributed by atoms with van der Waals surface area (Å²) in [6, 6.07) is 12.1. The number of methoxy groups -OCH3 is 2. The molecule has 0 aliphatic carbocycles. The number of aromatic nitrogens is 2. The van der Waals surface area contributed by atoms with Crippen molar-refractivity contribution in [2.24, 2.45) is 0 Å².